The third-order valence-corrected chi connectivity index (χ3v) is 2.40. The molecule has 1 heterocycles. The van der Waals surface area contributed by atoms with Crippen LogP contribution in [-0.4, -0.2) is 23.4 Å². The van der Waals surface area contributed by atoms with E-state index in [2.05, 4.69) is 24.3 Å². The van der Waals surface area contributed by atoms with Crippen molar-refractivity contribution in [3.63, 3.8) is 0 Å². The van der Waals surface area contributed by atoms with Crippen molar-refractivity contribution in [3.05, 3.63) is 12.7 Å². The van der Waals surface area contributed by atoms with Crippen LogP contribution < -0.4 is 0 Å². The fourth-order valence-electron chi connectivity index (χ4n) is 1.65. The molecule has 0 aliphatic carbocycles. The lowest BCUT2D eigenvalue weighted by Gasteiger charge is -2.05. The molecule has 1 atom stereocenters. The van der Waals surface area contributed by atoms with E-state index < -0.39 is 0 Å². The van der Waals surface area contributed by atoms with Crippen LogP contribution in [0.5, 0.6) is 0 Å². The molecular formula is C10H18N+. The van der Waals surface area contributed by atoms with Crippen LogP contribution in [0.25, 0.3) is 0 Å². The molecule has 0 aromatic carbocycles. The Balaban J connectivity index is 2.58. The number of nitrogens with zero attached hydrogens (tertiary/aromatic N) is 1. The summed E-state index contributed by atoms with van der Waals surface area (Å²) in [6.07, 6.45) is 9.48. The largest absolute Gasteiger partial charge is 0.234 e. The summed E-state index contributed by atoms with van der Waals surface area (Å²) in [6, 6.07) is 0.718. The normalized spacial score (nSPS) is 29.9. The lowest BCUT2D eigenvalue weighted by atomic mass is 10.1. The first kappa shape index (κ1) is 8.51. The van der Waals surface area contributed by atoms with Crippen molar-refractivity contribution in [2.45, 2.75) is 38.6 Å². The molecule has 1 aliphatic heterocycles. The molecule has 11 heavy (non-hydrogen) atoms. The number of rotatable bonds is 1. The lowest BCUT2D eigenvalue weighted by molar-refractivity contribution is -0.556. The molecule has 62 valence electrons. The highest BCUT2D eigenvalue weighted by atomic mass is 15.0. The van der Waals surface area contributed by atoms with Crippen molar-refractivity contribution in [3.8, 4) is 0 Å². The minimum absolute atomic E-state index is 0.718. The minimum atomic E-state index is 0.718. The standard InChI is InChI=1S/C10H18N/c1-3-8-11-9-6-4-5-7-10(11)2/h3,8,10H,1,4-7,9H2,2H3/q+1. The van der Waals surface area contributed by atoms with Crippen LogP contribution in [0.2, 0.25) is 0 Å². The van der Waals surface area contributed by atoms with Crippen molar-refractivity contribution in [2.24, 2.45) is 0 Å². The summed E-state index contributed by atoms with van der Waals surface area (Å²) < 4.78 is 2.40. The Morgan fingerprint density at radius 1 is 1.36 bits per heavy atom. The van der Waals surface area contributed by atoms with Crippen LogP contribution in [0.15, 0.2) is 12.7 Å². The van der Waals surface area contributed by atoms with Crippen LogP contribution in [0.3, 0.4) is 0 Å². The van der Waals surface area contributed by atoms with E-state index in [1.54, 1.807) is 0 Å². The van der Waals surface area contributed by atoms with Gasteiger partial charge in [-0.15, -0.1) is 0 Å². The maximum Gasteiger partial charge on any atom is 0.162 e. The Morgan fingerprint density at radius 3 is 2.91 bits per heavy atom. The molecule has 1 heteroatoms. The van der Waals surface area contributed by atoms with Crippen molar-refractivity contribution < 1.29 is 4.58 Å². The summed E-state index contributed by atoms with van der Waals surface area (Å²) in [7, 11) is 0. The fraction of sp³-hybridized carbons (Fsp3) is 0.700. The second-order valence-corrected chi connectivity index (χ2v) is 3.32. The molecule has 0 aromatic rings. The highest BCUT2D eigenvalue weighted by Crippen LogP contribution is 2.11. The SMILES string of the molecule is C=CC=[N+]1CCCCCC1C. The van der Waals surface area contributed by atoms with E-state index in [0.717, 1.165) is 6.04 Å². The quantitative estimate of drug-likeness (QED) is 0.507. The van der Waals surface area contributed by atoms with E-state index in [9.17, 15) is 0 Å². The molecule has 0 amide bonds. The van der Waals surface area contributed by atoms with Gasteiger partial charge in [0, 0.05) is 12.8 Å². The molecule has 1 aliphatic rings. The maximum absolute atomic E-state index is 3.72. The summed E-state index contributed by atoms with van der Waals surface area (Å²) >= 11 is 0. The maximum atomic E-state index is 3.72. The smallest absolute Gasteiger partial charge is 0.162 e. The molecule has 0 saturated carbocycles. The van der Waals surface area contributed by atoms with Crippen LogP contribution in [-0.2, 0) is 0 Å². The lowest BCUT2D eigenvalue weighted by Crippen LogP contribution is -2.22. The van der Waals surface area contributed by atoms with E-state index in [4.69, 9.17) is 0 Å². The first-order valence-electron chi connectivity index (χ1n) is 4.56. The molecule has 0 bridgehead atoms. The van der Waals surface area contributed by atoms with Crippen LogP contribution in [0.1, 0.15) is 32.6 Å². The third-order valence-electron chi connectivity index (χ3n) is 2.40. The summed E-state index contributed by atoms with van der Waals surface area (Å²) in [5, 5.41) is 0. The molecular weight excluding hydrogens is 134 g/mol. The minimum Gasteiger partial charge on any atom is -0.234 e. The molecule has 0 spiro atoms. The zero-order chi connectivity index (χ0) is 8.10. The summed E-state index contributed by atoms with van der Waals surface area (Å²) in [6.45, 7) is 7.24. The Labute approximate surface area is 69.4 Å². The van der Waals surface area contributed by atoms with Crippen LogP contribution in [0, 0.1) is 0 Å². The van der Waals surface area contributed by atoms with Gasteiger partial charge >= 0.3 is 0 Å². The average molecular weight is 152 g/mol. The van der Waals surface area contributed by atoms with Gasteiger partial charge in [-0.05, 0) is 25.8 Å². The van der Waals surface area contributed by atoms with Gasteiger partial charge in [-0.2, -0.15) is 0 Å². The molecule has 1 rings (SSSR count). The third kappa shape index (κ3) is 2.49. The Bertz CT molecular complexity index is 158. The molecule has 1 unspecified atom stereocenters. The summed E-state index contributed by atoms with van der Waals surface area (Å²) in [4.78, 5) is 0. The molecule has 0 aromatic heterocycles. The zero-order valence-corrected chi connectivity index (χ0v) is 7.42. The number of hydrogen-bond acceptors (Lipinski definition) is 0. The highest BCUT2D eigenvalue weighted by molar-refractivity contribution is 5.65. The van der Waals surface area contributed by atoms with E-state index in [0.29, 0.717) is 0 Å². The average Bonchev–Trinajstić information content (AvgIpc) is 2.18. The van der Waals surface area contributed by atoms with E-state index in [1.807, 2.05) is 6.08 Å². The monoisotopic (exact) mass is 152 g/mol. The van der Waals surface area contributed by atoms with E-state index >= 15 is 0 Å². The van der Waals surface area contributed by atoms with Crippen LogP contribution in [0.4, 0.5) is 0 Å². The predicted molar refractivity (Wildman–Crippen MR) is 49.3 cm³/mol. The molecule has 1 fully saturated rings. The topological polar surface area (TPSA) is 3.01 Å². The highest BCUT2D eigenvalue weighted by Gasteiger charge is 2.16. The Hall–Kier alpha value is -0.590. The predicted octanol–water partition coefficient (Wildman–Crippen LogP) is 2.22. The summed E-state index contributed by atoms with van der Waals surface area (Å²) in [5.74, 6) is 0. The number of allylic oxidation sites excluding steroid dienone is 1. The van der Waals surface area contributed by atoms with Gasteiger partial charge in [0.15, 0.2) is 6.21 Å². The molecule has 1 saturated heterocycles. The molecule has 1 nitrogen and oxygen atoms in total. The van der Waals surface area contributed by atoms with Gasteiger partial charge in [-0.25, -0.2) is 4.58 Å². The first-order chi connectivity index (χ1) is 5.34. The van der Waals surface area contributed by atoms with Crippen molar-refractivity contribution in [2.75, 3.05) is 6.54 Å². The van der Waals surface area contributed by atoms with Crippen molar-refractivity contribution in [1.82, 2.24) is 0 Å². The Kier molecular flexibility index (Phi) is 3.34. The molecule has 0 N–H and O–H groups in total. The van der Waals surface area contributed by atoms with Gasteiger partial charge in [0.25, 0.3) is 0 Å². The van der Waals surface area contributed by atoms with Gasteiger partial charge in [-0.1, -0.05) is 6.58 Å². The number of hydrogen-bond donors (Lipinski definition) is 0. The first-order valence-corrected chi connectivity index (χ1v) is 4.56. The molecule has 0 radical (unpaired) electrons. The van der Waals surface area contributed by atoms with Gasteiger partial charge in [-0.3, -0.25) is 0 Å². The van der Waals surface area contributed by atoms with Gasteiger partial charge in [0.05, 0.1) is 0 Å². The second kappa shape index (κ2) is 4.32. The van der Waals surface area contributed by atoms with E-state index in [-0.39, 0.29) is 0 Å². The van der Waals surface area contributed by atoms with Gasteiger partial charge in [0.2, 0.25) is 0 Å². The van der Waals surface area contributed by atoms with Crippen molar-refractivity contribution >= 4 is 6.21 Å². The second-order valence-electron chi connectivity index (χ2n) is 3.32. The zero-order valence-electron chi connectivity index (χ0n) is 7.42. The fourth-order valence-corrected chi connectivity index (χ4v) is 1.65. The van der Waals surface area contributed by atoms with Gasteiger partial charge < -0.3 is 0 Å². The van der Waals surface area contributed by atoms with E-state index in [1.165, 1.54) is 32.2 Å². The van der Waals surface area contributed by atoms with Crippen molar-refractivity contribution in [1.29, 1.82) is 0 Å². The van der Waals surface area contributed by atoms with Crippen LogP contribution >= 0.6 is 0 Å². The Morgan fingerprint density at radius 2 is 2.18 bits per heavy atom. The van der Waals surface area contributed by atoms with Gasteiger partial charge in [0.1, 0.15) is 12.6 Å². The summed E-state index contributed by atoms with van der Waals surface area (Å²) in [5.41, 5.74) is 0.